The SMILES string of the molecule is C[C@@H](NC1CCc2sc(Cl)cc21)c1ccccc1Cl. The number of fused-ring (bicyclic) bond motifs is 1. The Balaban J connectivity index is 1.78. The van der Waals surface area contributed by atoms with Crippen LogP contribution in [0.5, 0.6) is 0 Å². The van der Waals surface area contributed by atoms with Crippen LogP contribution in [0.2, 0.25) is 9.36 Å². The smallest absolute Gasteiger partial charge is 0.0934 e. The van der Waals surface area contributed by atoms with Crippen LogP contribution in [0.3, 0.4) is 0 Å². The molecule has 0 spiro atoms. The summed E-state index contributed by atoms with van der Waals surface area (Å²) >= 11 is 14.0. The molecule has 1 aromatic carbocycles. The summed E-state index contributed by atoms with van der Waals surface area (Å²) < 4.78 is 0.891. The third-order valence-corrected chi connectivity index (χ3v) is 5.35. The van der Waals surface area contributed by atoms with E-state index in [0.717, 1.165) is 27.8 Å². The summed E-state index contributed by atoms with van der Waals surface area (Å²) in [7, 11) is 0. The molecule has 2 aromatic rings. The Morgan fingerprint density at radius 1 is 1.32 bits per heavy atom. The highest BCUT2D eigenvalue weighted by atomic mass is 35.5. The van der Waals surface area contributed by atoms with E-state index in [1.807, 2.05) is 18.2 Å². The van der Waals surface area contributed by atoms with E-state index in [1.165, 1.54) is 10.4 Å². The Morgan fingerprint density at radius 2 is 2.11 bits per heavy atom. The van der Waals surface area contributed by atoms with Crippen LogP contribution in [-0.4, -0.2) is 0 Å². The van der Waals surface area contributed by atoms with Gasteiger partial charge in [-0.1, -0.05) is 41.4 Å². The van der Waals surface area contributed by atoms with Gasteiger partial charge in [0.1, 0.15) is 0 Å². The molecule has 0 aliphatic heterocycles. The maximum atomic E-state index is 6.25. The predicted octanol–water partition coefficient (Wildman–Crippen LogP) is 5.39. The van der Waals surface area contributed by atoms with Crippen LogP contribution in [0, 0.1) is 0 Å². The topological polar surface area (TPSA) is 12.0 Å². The van der Waals surface area contributed by atoms with E-state index in [4.69, 9.17) is 23.2 Å². The van der Waals surface area contributed by atoms with Crippen molar-refractivity contribution in [2.24, 2.45) is 0 Å². The van der Waals surface area contributed by atoms with Crippen molar-refractivity contribution in [1.29, 1.82) is 0 Å². The second-order valence-electron chi connectivity index (χ2n) is 4.93. The first kappa shape index (κ1) is 13.4. The van der Waals surface area contributed by atoms with Crippen LogP contribution in [0.1, 0.15) is 41.4 Å². The molecule has 0 radical (unpaired) electrons. The maximum absolute atomic E-state index is 6.25. The van der Waals surface area contributed by atoms with E-state index in [0.29, 0.717) is 6.04 Å². The lowest BCUT2D eigenvalue weighted by molar-refractivity contribution is 0.465. The van der Waals surface area contributed by atoms with E-state index < -0.39 is 0 Å². The van der Waals surface area contributed by atoms with Gasteiger partial charge in [0.05, 0.1) is 4.34 Å². The summed E-state index contributed by atoms with van der Waals surface area (Å²) in [6.07, 6.45) is 2.27. The van der Waals surface area contributed by atoms with Gasteiger partial charge in [-0.3, -0.25) is 0 Å². The molecule has 2 atom stereocenters. The number of benzene rings is 1. The number of hydrogen-bond acceptors (Lipinski definition) is 2. The zero-order valence-corrected chi connectivity index (χ0v) is 12.9. The highest BCUT2D eigenvalue weighted by molar-refractivity contribution is 7.16. The fourth-order valence-electron chi connectivity index (χ4n) is 2.72. The number of aryl methyl sites for hydroxylation is 1. The average molecular weight is 312 g/mol. The van der Waals surface area contributed by atoms with Crippen LogP contribution >= 0.6 is 34.5 Å². The minimum atomic E-state index is 0.239. The third kappa shape index (κ3) is 2.68. The molecule has 1 nitrogen and oxygen atoms in total. The van der Waals surface area contributed by atoms with Crippen LogP contribution in [0.4, 0.5) is 0 Å². The lowest BCUT2D eigenvalue weighted by Gasteiger charge is -2.21. The summed E-state index contributed by atoms with van der Waals surface area (Å²) in [5.41, 5.74) is 2.52. The fraction of sp³-hybridized carbons (Fsp3) is 0.333. The van der Waals surface area contributed by atoms with Crippen LogP contribution < -0.4 is 5.32 Å². The minimum Gasteiger partial charge on any atom is -0.303 e. The second-order valence-corrected chi connectivity index (χ2v) is 7.11. The summed E-state index contributed by atoms with van der Waals surface area (Å²) in [6, 6.07) is 10.7. The normalized spacial score (nSPS) is 19.4. The number of nitrogens with one attached hydrogen (secondary N) is 1. The van der Waals surface area contributed by atoms with Crippen molar-refractivity contribution in [1.82, 2.24) is 5.32 Å². The largest absolute Gasteiger partial charge is 0.303 e. The van der Waals surface area contributed by atoms with Gasteiger partial charge in [0.25, 0.3) is 0 Å². The third-order valence-electron chi connectivity index (χ3n) is 3.67. The molecule has 1 N–H and O–H groups in total. The standard InChI is InChI=1S/C15H15Cl2NS/c1-9(10-4-2-3-5-12(10)16)18-13-6-7-14-11(13)8-15(17)19-14/h2-5,8-9,13,18H,6-7H2,1H3/t9-,13?/m1/s1. The van der Waals surface area contributed by atoms with Gasteiger partial charge in [-0.15, -0.1) is 11.3 Å². The molecule has 1 heterocycles. The Morgan fingerprint density at radius 3 is 2.89 bits per heavy atom. The summed E-state index contributed by atoms with van der Waals surface area (Å²) in [6.45, 7) is 2.16. The van der Waals surface area contributed by atoms with E-state index in [-0.39, 0.29) is 6.04 Å². The van der Waals surface area contributed by atoms with Gasteiger partial charge in [-0.25, -0.2) is 0 Å². The molecular formula is C15H15Cl2NS. The van der Waals surface area contributed by atoms with Gasteiger partial charge in [0, 0.05) is 22.0 Å². The predicted molar refractivity (Wildman–Crippen MR) is 83.4 cm³/mol. The van der Waals surface area contributed by atoms with Crippen molar-refractivity contribution in [3.05, 3.63) is 55.7 Å². The van der Waals surface area contributed by atoms with E-state index in [2.05, 4.69) is 24.4 Å². The number of rotatable bonds is 3. The summed E-state index contributed by atoms with van der Waals surface area (Å²) in [5, 5.41) is 4.49. The van der Waals surface area contributed by atoms with E-state index >= 15 is 0 Å². The molecule has 0 saturated heterocycles. The monoisotopic (exact) mass is 311 g/mol. The molecule has 0 bridgehead atoms. The average Bonchev–Trinajstić information content (AvgIpc) is 2.90. The molecule has 3 rings (SSSR count). The number of hydrogen-bond donors (Lipinski definition) is 1. The molecule has 0 amide bonds. The summed E-state index contributed by atoms with van der Waals surface area (Å²) in [4.78, 5) is 1.42. The Kier molecular flexibility index (Phi) is 3.86. The Bertz CT molecular complexity index is 594. The minimum absolute atomic E-state index is 0.239. The Hall–Kier alpha value is -0.540. The quantitative estimate of drug-likeness (QED) is 0.801. The molecule has 4 heteroatoms. The zero-order chi connectivity index (χ0) is 13.4. The van der Waals surface area contributed by atoms with Crippen molar-refractivity contribution < 1.29 is 0 Å². The van der Waals surface area contributed by atoms with Crippen LogP contribution in [-0.2, 0) is 6.42 Å². The zero-order valence-electron chi connectivity index (χ0n) is 10.6. The van der Waals surface area contributed by atoms with Crippen molar-refractivity contribution in [3.8, 4) is 0 Å². The summed E-state index contributed by atoms with van der Waals surface area (Å²) in [5.74, 6) is 0. The van der Waals surface area contributed by atoms with E-state index in [1.54, 1.807) is 11.3 Å². The number of thiophene rings is 1. The van der Waals surface area contributed by atoms with Gasteiger partial charge in [0.2, 0.25) is 0 Å². The molecule has 1 aliphatic rings. The Labute approximate surface area is 127 Å². The molecule has 0 saturated carbocycles. The van der Waals surface area contributed by atoms with Crippen LogP contribution in [0.25, 0.3) is 0 Å². The fourth-order valence-corrected chi connectivity index (χ4v) is 4.38. The van der Waals surface area contributed by atoms with Crippen LogP contribution in [0.15, 0.2) is 30.3 Å². The van der Waals surface area contributed by atoms with Crippen molar-refractivity contribution >= 4 is 34.5 Å². The second kappa shape index (κ2) is 5.45. The molecule has 0 fully saturated rings. The van der Waals surface area contributed by atoms with E-state index in [9.17, 15) is 0 Å². The molecule has 19 heavy (non-hydrogen) atoms. The van der Waals surface area contributed by atoms with Crippen molar-refractivity contribution in [2.75, 3.05) is 0 Å². The number of halogens is 2. The maximum Gasteiger partial charge on any atom is 0.0934 e. The molecular weight excluding hydrogens is 297 g/mol. The van der Waals surface area contributed by atoms with Crippen molar-refractivity contribution in [3.63, 3.8) is 0 Å². The highest BCUT2D eigenvalue weighted by Crippen LogP contribution is 2.40. The molecule has 1 aromatic heterocycles. The first-order valence-electron chi connectivity index (χ1n) is 6.43. The van der Waals surface area contributed by atoms with Gasteiger partial charge in [-0.2, -0.15) is 0 Å². The van der Waals surface area contributed by atoms with Gasteiger partial charge >= 0.3 is 0 Å². The first-order valence-corrected chi connectivity index (χ1v) is 8.01. The highest BCUT2D eigenvalue weighted by Gasteiger charge is 2.26. The van der Waals surface area contributed by atoms with Gasteiger partial charge in [0.15, 0.2) is 0 Å². The van der Waals surface area contributed by atoms with Crippen molar-refractivity contribution in [2.45, 2.75) is 31.8 Å². The first-order chi connectivity index (χ1) is 9.15. The lowest BCUT2D eigenvalue weighted by atomic mass is 10.1. The molecule has 1 aliphatic carbocycles. The lowest BCUT2D eigenvalue weighted by Crippen LogP contribution is -2.23. The van der Waals surface area contributed by atoms with Gasteiger partial charge < -0.3 is 5.32 Å². The molecule has 1 unspecified atom stereocenters. The van der Waals surface area contributed by atoms with Gasteiger partial charge in [-0.05, 0) is 43.0 Å². The molecule has 100 valence electrons.